The van der Waals surface area contributed by atoms with Gasteiger partial charge in [-0.1, -0.05) is 25.7 Å². The molecule has 0 bridgehead atoms. The standard InChI is InChI=1S/C28H34N4O2S3/c29-17-21-19-9-5-1-3-7-11-23(19)36-27(21)31-25(33)13-15-35-16-14-26(34)32-28-22(18-30)20-10-6-2-4-8-12-24(20)37-28/h1-16H2,(H,31,33)(H,32,34). The van der Waals surface area contributed by atoms with Crippen molar-refractivity contribution in [1.29, 1.82) is 10.5 Å². The van der Waals surface area contributed by atoms with Crippen molar-refractivity contribution in [1.82, 2.24) is 0 Å². The van der Waals surface area contributed by atoms with Crippen LogP contribution in [0, 0.1) is 22.7 Å². The molecular formula is C28H34N4O2S3. The summed E-state index contributed by atoms with van der Waals surface area (Å²) >= 11 is 4.70. The first-order valence-electron chi connectivity index (χ1n) is 13.4. The molecule has 2 aliphatic rings. The Kier molecular flexibility index (Phi) is 10.5. The molecule has 37 heavy (non-hydrogen) atoms. The number of nitrogens with zero attached hydrogens (tertiary/aromatic N) is 2. The smallest absolute Gasteiger partial charge is 0.225 e. The highest BCUT2D eigenvalue weighted by Crippen LogP contribution is 2.38. The summed E-state index contributed by atoms with van der Waals surface area (Å²) in [6.45, 7) is 0. The van der Waals surface area contributed by atoms with E-state index in [0.717, 1.165) is 62.5 Å². The molecule has 196 valence electrons. The number of amides is 2. The first-order valence-corrected chi connectivity index (χ1v) is 16.2. The first kappa shape index (κ1) is 27.7. The SMILES string of the molecule is N#Cc1c(NC(=O)CCSCCC(=O)Nc2sc3c(c2C#N)CCCCCC3)sc2c1CCCCCC2. The number of nitriles is 2. The molecule has 2 N–H and O–H groups in total. The van der Waals surface area contributed by atoms with Crippen LogP contribution in [0.25, 0.3) is 0 Å². The Hall–Kier alpha value is -2.33. The molecule has 0 unspecified atom stereocenters. The monoisotopic (exact) mass is 554 g/mol. The van der Waals surface area contributed by atoms with Crippen molar-refractivity contribution in [3.05, 3.63) is 32.0 Å². The number of carbonyl (C=O) groups excluding carboxylic acids is 2. The molecule has 6 nitrogen and oxygen atoms in total. The third kappa shape index (κ3) is 7.37. The Morgan fingerprint density at radius 3 is 1.49 bits per heavy atom. The fraction of sp³-hybridized carbons (Fsp3) is 0.571. The van der Waals surface area contributed by atoms with Gasteiger partial charge in [-0.25, -0.2) is 0 Å². The second-order valence-electron chi connectivity index (χ2n) is 9.68. The molecule has 0 aromatic carbocycles. The van der Waals surface area contributed by atoms with Crippen LogP contribution in [-0.2, 0) is 35.3 Å². The lowest BCUT2D eigenvalue weighted by molar-refractivity contribution is -0.116. The molecule has 2 amide bonds. The van der Waals surface area contributed by atoms with Gasteiger partial charge in [0, 0.05) is 34.1 Å². The Bertz CT molecular complexity index is 1110. The summed E-state index contributed by atoms with van der Waals surface area (Å²) in [7, 11) is 0. The van der Waals surface area contributed by atoms with Gasteiger partial charge < -0.3 is 10.6 Å². The van der Waals surface area contributed by atoms with E-state index < -0.39 is 0 Å². The molecule has 0 saturated heterocycles. The number of thioether (sulfide) groups is 1. The van der Waals surface area contributed by atoms with E-state index in [9.17, 15) is 20.1 Å². The first-order chi connectivity index (χ1) is 18.1. The number of fused-ring (bicyclic) bond motifs is 2. The minimum Gasteiger partial charge on any atom is -0.317 e. The van der Waals surface area contributed by atoms with Crippen LogP contribution >= 0.6 is 34.4 Å². The van der Waals surface area contributed by atoms with Crippen molar-refractivity contribution in [2.45, 2.75) is 89.9 Å². The minimum atomic E-state index is -0.0858. The summed E-state index contributed by atoms with van der Waals surface area (Å²) < 4.78 is 0. The van der Waals surface area contributed by atoms with Crippen molar-refractivity contribution in [3.63, 3.8) is 0 Å². The molecule has 0 fully saturated rings. The third-order valence-corrected chi connectivity index (χ3v) is 10.4. The van der Waals surface area contributed by atoms with Crippen LogP contribution in [0.3, 0.4) is 0 Å². The van der Waals surface area contributed by atoms with Crippen molar-refractivity contribution in [2.24, 2.45) is 0 Å². The number of anilines is 2. The van der Waals surface area contributed by atoms with Crippen LogP contribution in [0.2, 0.25) is 0 Å². The molecule has 2 heterocycles. The van der Waals surface area contributed by atoms with Crippen LogP contribution < -0.4 is 10.6 Å². The van der Waals surface area contributed by atoms with Gasteiger partial charge in [-0.3, -0.25) is 9.59 Å². The van der Waals surface area contributed by atoms with Crippen LogP contribution in [0.1, 0.15) is 96.2 Å². The van der Waals surface area contributed by atoms with Gasteiger partial charge in [0.15, 0.2) is 0 Å². The topological polar surface area (TPSA) is 106 Å². The van der Waals surface area contributed by atoms with Crippen LogP contribution in [-0.4, -0.2) is 23.3 Å². The second-order valence-corrected chi connectivity index (χ2v) is 13.1. The summed E-state index contributed by atoms with van der Waals surface area (Å²) in [4.78, 5) is 27.6. The maximum atomic E-state index is 12.5. The van der Waals surface area contributed by atoms with E-state index in [4.69, 9.17) is 0 Å². The van der Waals surface area contributed by atoms with Gasteiger partial charge in [-0.05, 0) is 62.5 Å². The molecule has 2 aromatic rings. The average Bonchev–Trinajstić information content (AvgIpc) is 3.33. The highest BCUT2D eigenvalue weighted by Gasteiger charge is 2.22. The fourth-order valence-electron chi connectivity index (χ4n) is 5.06. The highest BCUT2D eigenvalue weighted by atomic mass is 32.2. The third-order valence-electron chi connectivity index (χ3n) is 7.02. The lowest BCUT2D eigenvalue weighted by Gasteiger charge is -2.08. The van der Waals surface area contributed by atoms with E-state index in [1.807, 2.05) is 0 Å². The van der Waals surface area contributed by atoms with Crippen molar-refractivity contribution < 1.29 is 9.59 Å². The second kappa shape index (κ2) is 14.0. The summed E-state index contributed by atoms with van der Waals surface area (Å²) in [5.41, 5.74) is 3.58. The fourth-order valence-corrected chi connectivity index (χ4v) is 8.44. The Morgan fingerprint density at radius 2 is 1.08 bits per heavy atom. The largest absolute Gasteiger partial charge is 0.317 e. The summed E-state index contributed by atoms with van der Waals surface area (Å²) in [6, 6.07) is 4.65. The van der Waals surface area contributed by atoms with Gasteiger partial charge >= 0.3 is 0 Å². The van der Waals surface area contributed by atoms with Gasteiger partial charge in [-0.2, -0.15) is 22.3 Å². The van der Waals surface area contributed by atoms with Gasteiger partial charge in [0.2, 0.25) is 11.8 Å². The van der Waals surface area contributed by atoms with Crippen molar-refractivity contribution in [3.8, 4) is 12.1 Å². The van der Waals surface area contributed by atoms with E-state index in [1.165, 1.54) is 35.4 Å². The van der Waals surface area contributed by atoms with Crippen molar-refractivity contribution in [2.75, 3.05) is 22.1 Å². The van der Waals surface area contributed by atoms with E-state index in [-0.39, 0.29) is 11.8 Å². The lowest BCUT2D eigenvalue weighted by Crippen LogP contribution is -2.14. The van der Waals surface area contributed by atoms with E-state index in [1.54, 1.807) is 34.4 Å². The predicted octanol–water partition coefficient (Wildman–Crippen LogP) is 6.96. The van der Waals surface area contributed by atoms with Gasteiger partial charge in [-0.15, -0.1) is 22.7 Å². The van der Waals surface area contributed by atoms with E-state index >= 15 is 0 Å². The minimum absolute atomic E-state index is 0.0858. The molecule has 9 heteroatoms. The number of rotatable bonds is 8. The molecule has 0 aliphatic heterocycles. The van der Waals surface area contributed by atoms with Crippen LogP contribution in [0.4, 0.5) is 10.0 Å². The predicted molar refractivity (Wildman–Crippen MR) is 154 cm³/mol. The molecule has 2 aliphatic carbocycles. The number of hydrogen-bond acceptors (Lipinski definition) is 7. The van der Waals surface area contributed by atoms with Gasteiger partial charge in [0.1, 0.15) is 22.1 Å². The Balaban J connectivity index is 1.21. The summed E-state index contributed by atoms with van der Waals surface area (Å²) in [6.07, 6.45) is 13.9. The van der Waals surface area contributed by atoms with Gasteiger partial charge in [0.25, 0.3) is 0 Å². The van der Waals surface area contributed by atoms with Crippen molar-refractivity contribution >= 4 is 56.3 Å². The van der Waals surface area contributed by atoms with E-state index in [0.29, 0.717) is 45.5 Å². The zero-order chi connectivity index (χ0) is 26.0. The number of carbonyl (C=O) groups is 2. The molecule has 0 atom stereocenters. The lowest BCUT2D eigenvalue weighted by atomic mass is 9.97. The zero-order valence-corrected chi connectivity index (χ0v) is 23.7. The number of hydrogen-bond donors (Lipinski definition) is 2. The molecular weight excluding hydrogens is 521 g/mol. The Morgan fingerprint density at radius 1 is 0.676 bits per heavy atom. The molecule has 4 rings (SSSR count). The molecule has 2 aromatic heterocycles. The molecule has 0 spiro atoms. The molecule has 0 radical (unpaired) electrons. The number of nitrogens with one attached hydrogen (secondary N) is 2. The Labute approximate surface area is 231 Å². The number of aryl methyl sites for hydroxylation is 2. The summed E-state index contributed by atoms with van der Waals surface area (Å²) in [5, 5.41) is 26.7. The number of thiophene rings is 2. The maximum Gasteiger partial charge on any atom is 0.225 e. The summed E-state index contributed by atoms with van der Waals surface area (Å²) in [5.74, 6) is 1.06. The normalized spacial score (nSPS) is 15.5. The quantitative estimate of drug-likeness (QED) is 0.343. The van der Waals surface area contributed by atoms with Gasteiger partial charge in [0.05, 0.1) is 11.1 Å². The van der Waals surface area contributed by atoms with Crippen LogP contribution in [0.15, 0.2) is 0 Å². The molecule has 0 saturated carbocycles. The zero-order valence-electron chi connectivity index (χ0n) is 21.2. The highest BCUT2D eigenvalue weighted by molar-refractivity contribution is 7.99. The van der Waals surface area contributed by atoms with E-state index in [2.05, 4.69) is 22.8 Å². The van der Waals surface area contributed by atoms with Crippen LogP contribution in [0.5, 0.6) is 0 Å². The maximum absolute atomic E-state index is 12.5. The average molecular weight is 555 g/mol.